The summed E-state index contributed by atoms with van der Waals surface area (Å²) in [5, 5.41) is 0. The normalized spacial score (nSPS) is 11.0. The van der Waals surface area contributed by atoms with Gasteiger partial charge in [-0.3, -0.25) is 9.35 Å². The van der Waals surface area contributed by atoms with Gasteiger partial charge in [-0.25, -0.2) is 9.59 Å². The molecular formula is C17H27NaO9S. The van der Waals surface area contributed by atoms with Crippen LogP contribution in [0.4, 0.5) is 0 Å². The van der Waals surface area contributed by atoms with Crippen LogP contribution >= 0.6 is 0 Å². The third-order valence-corrected chi connectivity index (χ3v) is 4.35. The molecule has 0 aliphatic heterocycles. The van der Waals surface area contributed by atoms with Crippen LogP contribution in [-0.2, 0) is 38.7 Å². The van der Waals surface area contributed by atoms with Gasteiger partial charge in [0.2, 0.25) is 0 Å². The SMILES string of the molecule is C=C(C)C(=O)OCC(CC)(COC(=O)C(=C)C)C(=O)OCCCS(=O)(=O)O.[NaH]. The average molecular weight is 430 g/mol. The molecule has 1 N–H and O–H groups in total. The van der Waals surface area contributed by atoms with E-state index in [0.29, 0.717) is 0 Å². The van der Waals surface area contributed by atoms with Gasteiger partial charge in [-0.1, -0.05) is 20.1 Å². The number of esters is 3. The van der Waals surface area contributed by atoms with Crippen LogP contribution in [0.1, 0.15) is 33.6 Å². The van der Waals surface area contributed by atoms with Crippen LogP contribution in [0.2, 0.25) is 0 Å². The van der Waals surface area contributed by atoms with Gasteiger partial charge in [-0.2, -0.15) is 8.42 Å². The number of hydrogen-bond acceptors (Lipinski definition) is 8. The van der Waals surface area contributed by atoms with Crippen LogP contribution < -0.4 is 0 Å². The fourth-order valence-electron chi connectivity index (χ4n) is 1.72. The van der Waals surface area contributed by atoms with Crippen LogP contribution in [0.15, 0.2) is 24.3 Å². The maximum absolute atomic E-state index is 12.5. The van der Waals surface area contributed by atoms with Crippen LogP contribution in [0.25, 0.3) is 0 Å². The van der Waals surface area contributed by atoms with Crippen molar-refractivity contribution >= 4 is 57.6 Å². The van der Waals surface area contributed by atoms with E-state index < -0.39 is 52.4 Å². The molecule has 0 atom stereocenters. The summed E-state index contributed by atoms with van der Waals surface area (Å²) >= 11 is 0. The van der Waals surface area contributed by atoms with Gasteiger partial charge < -0.3 is 14.2 Å². The van der Waals surface area contributed by atoms with Crippen molar-refractivity contribution in [2.24, 2.45) is 5.41 Å². The standard InChI is InChI=1S/C17H26O9S.Na.H/c1-6-17(10-25-14(18)12(2)3,11-26-15(19)13(4)5)16(20)24-8-7-9-27(21,22)23;;/h2,4,6-11H2,1,3,5H3,(H,21,22,23);;. The zero-order valence-corrected chi connectivity index (χ0v) is 16.6. The third kappa shape index (κ3) is 11.0. The molecular weight excluding hydrogens is 403 g/mol. The van der Waals surface area contributed by atoms with Gasteiger partial charge in [-0.05, 0) is 26.7 Å². The van der Waals surface area contributed by atoms with Crippen molar-refractivity contribution in [1.29, 1.82) is 0 Å². The Morgan fingerprint density at radius 2 is 1.39 bits per heavy atom. The first-order valence-corrected chi connectivity index (χ1v) is 9.73. The van der Waals surface area contributed by atoms with Gasteiger partial charge in [0.1, 0.15) is 18.6 Å². The first-order chi connectivity index (χ1) is 12.3. The van der Waals surface area contributed by atoms with Crippen molar-refractivity contribution in [3.63, 3.8) is 0 Å². The summed E-state index contributed by atoms with van der Waals surface area (Å²) in [5.74, 6) is -2.85. The maximum atomic E-state index is 12.5. The number of carbonyl (C=O) groups is 3. The van der Waals surface area contributed by atoms with E-state index in [1.807, 2.05) is 0 Å². The van der Waals surface area contributed by atoms with Gasteiger partial charge >= 0.3 is 47.5 Å². The Hall–Kier alpha value is -1.20. The Morgan fingerprint density at radius 3 is 1.71 bits per heavy atom. The van der Waals surface area contributed by atoms with E-state index in [1.54, 1.807) is 6.92 Å². The average Bonchev–Trinajstić information content (AvgIpc) is 2.57. The van der Waals surface area contributed by atoms with Crippen molar-refractivity contribution in [2.75, 3.05) is 25.6 Å². The molecule has 0 aliphatic carbocycles. The van der Waals surface area contributed by atoms with Crippen molar-refractivity contribution in [1.82, 2.24) is 0 Å². The molecule has 0 aromatic rings. The third-order valence-electron chi connectivity index (χ3n) is 3.55. The number of ether oxygens (including phenoxy) is 3. The Labute approximate surface area is 187 Å². The van der Waals surface area contributed by atoms with Gasteiger partial charge in [0, 0.05) is 11.1 Å². The molecule has 11 heteroatoms. The molecule has 0 heterocycles. The Bertz CT molecular complexity index is 667. The van der Waals surface area contributed by atoms with Crippen LogP contribution in [0.5, 0.6) is 0 Å². The summed E-state index contributed by atoms with van der Waals surface area (Å²) in [7, 11) is -4.17. The first kappa shape index (κ1) is 29.0. The summed E-state index contributed by atoms with van der Waals surface area (Å²) in [6.45, 7) is 10.2. The fraction of sp³-hybridized carbons (Fsp3) is 0.588. The molecule has 0 saturated carbocycles. The number of carbonyl (C=O) groups excluding carboxylic acids is 3. The molecule has 0 spiro atoms. The van der Waals surface area contributed by atoms with Gasteiger partial charge in [0.05, 0.1) is 12.4 Å². The Kier molecular flexibility index (Phi) is 13.6. The van der Waals surface area contributed by atoms with Gasteiger partial charge in [-0.15, -0.1) is 0 Å². The molecule has 0 bridgehead atoms. The summed E-state index contributed by atoms with van der Waals surface area (Å²) in [6.07, 6.45) is -0.0153. The molecule has 0 saturated heterocycles. The van der Waals surface area contributed by atoms with Gasteiger partial charge in [0.15, 0.2) is 0 Å². The molecule has 0 unspecified atom stereocenters. The predicted octanol–water partition coefficient (Wildman–Crippen LogP) is 0.794. The second-order valence-corrected chi connectivity index (χ2v) is 7.69. The van der Waals surface area contributed by atoms with E-state index in [0.717, 1.165) is 0 Å². The van der Waals surface area contributed by atoms with Crippen molar-refractivity contribution in [3.05, 3.63) is 24.3 Å². The molecule has 0 amide bonds. The summed E-state index contributed by atoms with van der Waals surface area (Å²) in [5.41, 5.74) is -1.23. The van der Waals surface area contributed by atoms with Gasteiger partial charge in [0.25, 0.3) is 10.1 Å². The van der Waals surface area contributed by atoms with E-state index >= 15 is 0 Å². The molecule has 28 heavy (non-hydrogen) atoms. The molecule has 0 aliphatic rings. The van der Waals surface area contributed by atoms with E-state index in [-0.39, 0.29) is 60.2 Å². The quantitative estimate of drug-likeness (QED) is 0.119. The number of hydrogen-bond donors (Lipinski definition) is 1. The second kappa shape index (κ2) is 13.1. The van der Waals surface area contributed by atoms with Crippen molar-refractivity contribution in [3.8, 4) is 0 Å². The van der Waals surface area contributed by atoms with E-state index in [4.69, 9.17) is 18.8 Å². The zero-order chi connectivity index (χ0) is 21.3. The van der Waals surface area contributed by atoms with E-state index in [1.165, 1.54) is 13.8 Å². The molecule has 0 rings (SSSR count). The minimum atomic E-state index is -4.17. The van der Waals surface area contributed by atoms with Crippen molar-refractivity contribution < 1.29 is 41.6 Å². The molecule has 0 fully saturated rings. The molecule has 0 aromatic heterocycles. The van der Waals surface area contributed by atoms with Crippen LogP contribution in [0, 0.1) is 5.41 Å². The Balaban J connectivity index is 0. The summed E-state index contributed by atoms with van der Waals surface area (Å²) in [4.78, 5) is 35.8. The second-order valence-electron chi connectivity index (χ2n) is 6.12. The molecule has 0 aromatic carbocycles. The van der Waals surface area contributed by atoms with Crippen molar-refractivity contribution in [2.45, 2.75) is 33.6 Å². The zero-order valence-electron chi connectivity index (χ0n) is 15.8. The first-order valence-electron chi connectivity index (χ1n) is 8.12. The Morgan fingerprint density at radius 1 is 0.964 bits per heavy atom. The van der Waals surface area contributed by atoms with Crippen LogP contribution in [0.3, 0.4) is 0 Å². The fourth-order valence-corrected chi connectivity index (χ4v) is 2.20. The molecule has 0 radical (unpaired) electrons. The topological polar surface area (TPSA) is 133 Å². The number of rotatable bonds is 12. The minimum absolute atomic E-state index is 0. The molecule has 9 nitrogen and oxygen atoms in total. The van der Waals surface area contributed by atoms with E-state index in [9.17, 15) is 22.8 Å². The summed E-state index contributed by atoms with van der Waals surface area (Å²) in [6, 6.07) is 0. The molecule has 156 valence electrons. The monoisotopic (exact) mass is 430 g/mol. The van der Waals surface area contributed by atoms with Crippen LogP contribution in [-0.4, -0.2) is 86.0 Å². The van der Waals surface area contributed by atoms with E-state index in [2.05, 4.69) is 13.2 Å². The predicted molar refractivity (Wildman–Crippen MR) is 103 cm³/mol. The summed E-state index contributed by atoms with van der Waals surface area (Å²) < 4.78 is 45.2.